The van der Waals surface area contributed by atoms with Gasteiger partial charge in [0.1, 0.15) is 0 Å². The maximum Gasteiger partial charge on any atom is 0.0469 e. The number of aryl methyl sites for hydroxylation is 2. The van der Waals surface area contributed by atoms with Gasteiger partial charge in [-0.3, -0.25) is 0 Å². The Bertz CT molecular complexity index is 253. The summed E-state index contributed by atoms with van der Waals surface area (Å²) >= 11 is 6.19. The lowest BCUT2D eigenvalue weighted by Crippen LogP contribution is -1.89. The van der Waals surface area contributed by atoms with E-state index in [1.54, 1.807) is 0 Å². The molecule has 0 fully saturated rings. The second kappa shape index (κ2) is 4.51. The molecule has 0 aromatic heterocycles. The standard InChI is InChI=1S/C11H15Cl/c1-3-6-10-8-5-7-9(4-2)11(10)12/h5,7-8H,3-4,6H2,1-2H3. The molecular formula is C11H15Cl. The minimum Gasteiger partial charge on any atom is -0.0837 e. The predicted molar refractivity (Wildman–Crippen MR) is 54.8 cm³/mol. The van der Waals surface area contributed by atoms with E-state index in [0.717, 1.165) is 24.3 Å². The fourth-order valence-corrected chi connectivity index (χ4v) is 1.72. The quantitative estimate of drug-likeness (QED) is 0.666. The van der Waals surface area contributed by atoms with E-state index in [2.05, 4.69) is 32.0 Å². The van der Waals surface area contributed by atoms with Crippen LogP contribution in [0.5, 0.6) is 0 Å². The summed E-state index contributed by atoms with van der Waals surface area (Å²) in [5, 5.41) is 0.974. The Hall–Kier alpha value is -0.490. The van der Waals surface area contributed by atoms with E-state index in [0.29, 0.717) is 0 Å². The van der Waals surface area contributed by atoms with Crippen LogP contribution in [0.15, 0.2) is 18.2 Å². The molecule has 0 atom stereocenters. The second-order valence-electron chi connectivity index (χ2n) is 2.99. The van der Waals surface area contributed by atoms with Crippen LogP contribution in [0.2, 0.25) is 5.02 Å². The van der Waals surface area contributed by atoms with E-state index in [1.807, 2.05) is 0 Å². The van der Waals surface area contributed by atoms with Gasteiger partial charge >= 0.3 is 0 Å². The van der Waals surface area contributed by atoms with Gasteiger partial charge in [-0.2, -0.15) is 0 Å². The van der Waals surface area contributed by atoms with E-state index in [-0.39, 0.29) is 0 Å². The molecule has 12 heavy (non-hydrogen) atoms. The lowest BCUT2D eigenvalue weighted by atomic mass is 10.1. The average Bonchev–Trinajstić information content (AvgIpc) is 2.09. The molecule has 0 radical (unpaired) electrons. The van der Waals surface area contributed by atoms with Crippen LogP contribution < -0.4 is 0 Å². The monoisotopic (exact) mass is 182 g/mol. The van der Waals surface area contributed by atoms with Gasteiger partial charge in [0, 0.05) is 5.02 Å². The van der Waals surface area contributed by atoms with Crippen LogP contribution in [0.1, 0.15) is 31.4 Å². The fraction of sp³-hybridized carbons (Fsp3) is 0.455. The lowest BCUT2D eigenvalue weighted by Gasteiger charge is -2.06. The van der Waals surface area contributed by atoms with Crippen molar-refractivity contribution in [1.29, 1.82) is 0 Å². The van der Waals surface area contributed by atoms with Gasteiger partial charge in [0.05, 0.1) is 0 Å². The van der Waals surface area contributed by atoms with Crippen LogP contribution in [-0.2, 0) is 12.8 Å². The lowest BCUT2D eigenvalue weighted by molar-refractivity contribution is 0.917. The van der Waals surface area contributed by atoms with E-state index in [9.17, 15) is 0 Å². The van der Waals surface area contributed by atoms with Gasteiger partial charge in [0.25, 0.3) is 0 Å². The molecular weight excluding hydrogens is 168 g/mol. The number of rotatable bonds is 3. The molecule has 0 saturated carbocycles. The zero-order chi connectivity index (χ0) is 8.97. The Labute approximate surface area is 79.6 Å². The highest BCUT2D eigenvalue weighted by Gasteiger charge is 2.02. The molecule has 1 heteroatoms. The third-order valence-corrected chi connectivity index (χ3v) is 2.54. The summed E-state index contributed by atoms with van der Waals surface area (Å²) in [4.78, 5) is 0. The molecule has 0 saturated heterocycles. The topological polar surface area (TPSA) is 0 Å². The number of benzene rings is 1. The third kappa shape index (κ3) is 2.01. The van der Waals surface area contributed by atoms with Crippen molar-refractivity contribution >= 4 is 11.6 Å². The molecule has 66 valence electrons. The normalized spacial score (nSPS) is 10.2. The molecule has 0 bridgehead atoms. The molecule has 0 heterocycles. The Kier molecular flexibility index (Phi) is 3.61. The van der Waals surface area contributed by atoms with Crippen LogP contribution in [0, 0.1) is 0 Å². The fourth-order valence-electron chi connectivity index (χ4n) is 1.37. The molecule has 0 N–H and O–H groups in total. The maximum absolute atomic E-state index is 6.19. The molecule has 0 nitrogen and oxygen atoms in total. The van der Waals surface area contributed by atoms with Gasteiger partial charge in [-0.15, -0.1) is 0 Å². The minimum atomic E-state index is 0.974. The predicted octanol–water partition coefficient (Wildman–Crippen LogP) is 3.85. The van der Waals surface area contributed by atoms with Crippen LogP contribution in [0.3, 0.4) is 0 Å². The van der Waals surface area contributed by atoms with Crippen molar-refractivity contribution in [2.45, 2.75) is 33.1 Å². The third-order valence-electron chi connectivity index (χ3n) is 2.06. The highest BCUT2D eigenvalue weighted by Crippen LogP contribution is 2.22. The van der Waals surface area contributed by atoms with Gasteiger partial charge in [-0.25, -0.2) is 0 Å². The van der Waals surface area contributed by atoms with Gasteiger partial charge in [0.2, 0.25) is 0 Å². The molecule has 0 amide bonds. The zero-order valence-electron chi connectivity index (χ0n) is 7.73. The number of hydrogen-bond donors (Lipinski definition) is 0. The van der Waals surface area contributed by atoms with E-state index < -0.39 is 0 Å². The van der Waals surface area contributed by atoms with Crippen molar-refractivity contribution in [2.24, 2.45) is 0 Å². The molecule has 0 aliphatic heterocycles. The van der Waals surface area contributed by atoms with Crippen molar-refractivity contribution in [1.82, 2.24) is 0 Å². The molecule has 0 unspecified atom stereocenters. The first-order valence-corrected chi connectivity index (χ1v) is 4.93. The van der Waals surface area contributed by atoms with E-state index in [1.165, 1.54) is 11.1 Å². The second-order valence-corrected chi connectivity index (χ2v) is 3.37. The van der Waals surface area contributed by atoms with Crippen molar-refractivity contribution in [3.8, 4) is 0 Å². The van der Waals surface area contributed by atoms with Gasteiger partial charge in [0.15, 0.2) is 0 Å². The molecule has 1 aromatic rings. The summed E-state index contributed by atoms with van der Waals surface area (Å²) in [5.74, 6) is 0. The molecule has 0 spiro atoms. The van der Waals surface area contributed by atoms with Gasteiger partial charge in [-0.1, -0.05) is 50.1 Å². The van der Waals surface area contributed by atoms with Crippen LogP contribution >= 0.6 is 11.6 Å². The van der Waals surface area contributed by atoms with Crippen molar-refractivity contribution in [2.75, 3.05) is 0 Å². The number of hydrogen-bond acceptors (Lipinski definition) is 0. The summed E-state index contributed by atoms with van der Waals surface area (Å²) < 4.78 is 0. The highest BCUT2D eigenvalue weighted by molar-refractivity contribution is 6.32. The SMILES string of the molecule is CCCc1cccc(CC)c1Cl. The Morgan fingerprint density at radius 1 is 1.17 bits per heavy atom. The maximum atomic E-state index is 6.19. The first-order valence-electron chi connectivity index (χ1n) is 4.55. The molecule has 0 aliphatic carbocycles. The first kappa shape index (κ1) is 9.60. The summed E-state index contributed by atoms with van der Waals surface area (Å²) in [6.45, 7) is 4.31. The zero-order valence-corrected chi connectivity index (χ0v) is 8.49. The largest absolute Gasteiger partial charge is 0.0837 e. The van der Waals surface area contributed by atoms with Crippen LogP contribution in [-0.4, -0.2) is 0 Å². The van der Waals surface area contributed by atoms with Gasteiger partial charge < -0.3 is 0 Å². The van der Waals surface area contributed by atoms with Crippen molar-refractivity contribution in [3.63, 3.8) is 0 Å². The van der Waals surface area contributed by atoms with Crippen molar-refractivity contribution in [3.05, 3.63) is 34.3 Å². The highest BCUT2D eigenvalue weighted by atomic mass is 35.5. The Morgan fingerprint density at radius 3 is 2.42 bits per heavy atom. The van der Waals surface area contributed by atoms with Crippen LogP contribution in [0.4, 0.5) is 0 Å². The summed E-state index contributed by atoms with van der Waals surface area (Å²) in [7, 11) is 0. The van der Waals surface area contributed by atoms with Crippen LogP contribution in [0.25, 0.3) is 0 Å². The summed E-state index contributed by atoms with van der Waals surface area (Å²) in [6.07, 6.45) is 3.27. The number of halogens is 1. The molecule has 1 rings (SSSR count). The first-order chi connectivity index (χ1) is 5.79. The Balaban J connectivity index is 2.97. The Morgan fingerprint density at radius 2 is 1.83 bits per heavy atom. The van der Waals surface area contributed by atoms with Crippen molar-refractivity contribution < 1.29 is 0 Å². The van der Waals surface area contributed by atoms with E-state index in [4.69, 9.17) is 11.6 Å². The smallest absolute Gasteiger partial charge is 0.0469 e. The molecule has 1 aromatic carbocycles. The average molecular weight is 183 g/mol. The van der Waals surface area contributed by atoms with E-state index >= 15 is 0 Å². The minimum absolute atomic E-state index is 0.974. The van der Waals surface area contributed by atoms with Gasteiger partial charge in [-0.05, 0) is 24.0 Å². The molecule has 0 aliphatic rings. The summed E-state index contributed by atoms with van der Waals surface area (Å²) in [6, 6.07) is 6.31. The summed E-state index contributed by atoms with van der Waals surface area (Å²) in [5.41, 5.74) is 2.56.